The lowest BCUT2D eigenvalue weighted by Gasteiger charge is -2.33. The number of nitrogens with one attached hydrogen (secondary N) is 1. The molecule has 3 rings (SSSR count). The van der Waals surface area contributed by atoms with Gasteiger partial charge in [0.25, 0.3) is 0 Å². The lowest BCUT2D eigenvalue weighted by Crippen LogP contribution is -2.54. The van der Waals surface area contributed by atoms with Crippen molar-refractivity contribution < 1.29 is 22.7 Å². The highest BCUT2D eigenvalue weighted by atomic mass is 32.2. The maximum atomic E-state index is 13.8. The number of hydrogen-bond donors (Lipinski definition) is 1. The highest BCUT2D eigenvalue weighted by molar-refractivity contribution is 7.92. The molecule has 0 bridgehead atoms. The fourth-order valence-electron chi connectivity index (χ4n) is 4.85. The molecule has 0 aromatic heterocycles. The van der Waals surface area contributed by atoms with Gasteiger partial charge in [-0.2, -0.15) is 0 Å². The van der Waals surface area contributed by atoms with Crippen molar-refractivity contribution in [3.63, 3.8) is 0 Å². The number of hydrogen-bond acceptors (Lipinski definition) is 5. The third-order valence-electron chi connectivity index (χ3n) is 6.85. The Morgan fingerprint density at radius 3 is 2.38 bits per heavy atom. The molecule has 2 aromatic rings. The van der Waals surface area contributed by atoms with Crippen molar-refractivity contribution in [1.82, 2.24) is 10.2 Å². The summed E-state index contributed by atoms with van der Waals surface area (Å²) in [6.07, 6.45) is 6.09. The van der Waals surface area contributed by atoms with Crippen LogP contribution in [0.5, 0.6) is 5.75 Å². The molecule has 0 unspecified atom stereocenters. The third kappa shape index (κ3) is 7.71. The van der Waals surface area contributed by atoms with E-state index >= 15 is 0 Å². The van der Waals surface area contributed by atoms with Crippen LogP contribution in [0.25, 0.3) is 0 Å². The first-order chi connectivity index (χ1) is 17.6. The molecule has 9 heteroatoms. The summed E-state index contributed by atoms with van der Waals surface area (Å²) in [6, 6.07) is 14.4. The normalized spacial score (nSPS) is 14.7. The van der Waals surface area contributed by atoms with Gasteiger partial charge in [0.15, 0.2) is 0 Å². The highest BCUT2D eigenvalue weighted by Crippen LogP contribution is 2.31. The number of rotatable bonds is 12. The van der Waals surface area contributed by atoms with Crippen LogP contribution in [0.2, 0.25) is 0 Å². The Morgan fingerprint density at radius 1 is 1.11 bits per heavy atom. The molecule has 1 fully saturated rings. The van der Waals surface area contributed by atoms with Gasteiger partial charge in [-0.05, 0) is 55.9 Å². The van der Waals surface area contributed by atoms with Gasteiger partial charge in [-0.1, -0.05) is 56.2 Å². The summed E-state index contributed by atoms with van der Waals surface area (Å²) in [5, 5.41) is 3.12. The van der Waals surface area contributed by atoms with E-state index < -0.39 is 28.5 Å². The number of nitrogens with zero attached hydrogens (tertiary/aromatic N) is 2. The molecular weight excluding hydrogens is 490 g/mol. The molecule has 8 nitrogen and oxygen atoms in total. The van der Waals surface area contributed by atoms with E-state index in [0.29, 0.717) is 30.8 Å². The van der Waals surface area contributed by atoms with E-state index in [1.807, 2.05) is 50.2 Å². The van der Waals surface area contributed by atoms with Crippen molar-refractivity contribution in [1.29, 1.82) is 0 Å². The van der Waals surface area contributed by atoms with E-state index in [9.17, 15) is 18.0 Å². The van der Waals surface area contributed by atoms with Crippen LogP contribution >= 0.6 is 0 Å². The molecular formula is C28H39N3O5S. The fraction of sp³-hybridized carbons (Fsp3) is 0.500. The summed E-state index contributed by atoms with van der Waals surface area (Å²) in [5.41, 5.74) is 2.16. The monoisotopic (exact) mass is 529 g/mol. The predicted octanol–water partition coefficient (Wildman–Crippen LogP) is 3.68. The number of anilines is 1. The molecule has 1 aliphatic rings. The number of benzene rings is 2. The lowest BCUT2D eigenvalue weighted by molar-refractivity contribution is -0.139. The second-order valence-electron chi connectivity index (χ2n) is 9.68. The first-order valence-electron chi connectivity index (χ1n) is 12.9. The zero-order valence-corrected chi connectivity index (χ0v) is 23.1. The topological polar surface area (TPSA) is 96.0 Å². The Labute approximate surface area is 221 Å². The van der Waals surface area contributed by atoms with E-state index in [-0.39, 0.29) is 11.9 Å². The number of sulfonamides is 1. The van der Waals surface area contributed by atoms with Gasteiger partial charge in [0.1, 0.15) is 18.3 Å². The summed E-state index contributed by atoms with van der Waals surface area (Å²) >= 11 is 0. The molecule has 0 radical (unpaired) electrons. The van der Waals surface area contributed by atoms with Gasteiger partial charge in [-0.25, -0.2) is 8.42 Å². The minimum atomic E-state index is -3.83. The van der Waals surface area contributed by atoms with Gasteiger partial charge < -0.3 is 15.0 Å². The Balaban J connectivity index is 1.91. The summed E-state index contributed by atoms with van der Waals surface area (Å²) in [6.45, 7) is 3.58. The van der Waals surface area contributed by atoms with Crippen LogP contribution < -0.4 is 14.4 Å². The van der Waals surface area contributed by atoms with Crippen molar-refractivity contribution in [2.45, 2.75) is 64.5 Å². The number of carbonyl (C=O) groups excluding carboxylic acids is 2. The molecule has 0 heterocycles. The van der Waals surface area contributed by atoms with Gasteiger partial charge in [-0.3, -0.25) is 13.9 Å². The molecule has 0 aliphatic heterocycles. The molecule has 202 valence electrons. The summed E-state index contributed by atoms with van der Waals surface area (Å²) in [5.74, 6) is -0.265. The third-order valence-corrected chi connectivity index (χ3v) is 7.98. The fourth-order valence-corrected chi connectivity index (χ4v) is 5.70. The highest BCUT2D eigenvalue weighted by Gasteiger charge is 2.33. The SMILES string of the molecule is CC[C@H](C(=O)NC1CCCC1)N(CCc1ccccc1)C(=O)CN(c1cc(C)ccc1OC)S(C)(=O)=O. The summed E-state index contributed by atoms with van der Waals surface area (Å²) in [4.78, 5) is 28.7. The van der Waals surface area contributed by atoms with Gasteiger partial charge >= 0.3 is 0 Å². The molecule has 0 saturated heterocycles. The molecule has 1 atom stereocenters. The van der Waals surface area contributed by atoms with Crippen molar-refractivity contribution in [3.8, 4) is 5.75 Å². The van der Waals surface area contributed by atoms with Crippen LogP contribution in [-0.4, -0.2) is 63.7 Å². The smallest absolute Gasteiger partial charge is 0.244 e. The van der Waals surface area contributed by atoms with E-state index in [1.165, 1.54) is 12.0 Å². The van der Waals surface area contributed by atoms with Gasteiger partial charge in [0.2, 0.25) is 21.8 Å². The Bertz CT molecular complexity index is 1160. The van der Waals surface area contributed by atoms with Gasteiger partial charge in [-0.15, -0.1) is 0 Å². The molecule has 1 aliphatic carbocycles. The van der Waals surface area contributed by atoms with Crippen molar-refractivity contribution in [2.24, 2.45) is 0 Å². The molecule has 37 heavy (non-hydrogen) atoms. The van der Waals surface area contributed by atoms with Crippen LogP contribution in [0.1, 0.15) is 50.2 Å². The minimum absolute atomic E-state index is 0.122. The molecule has 2 amide bonds. The molecule has 0 spiro atoms. The number of amides is 2. The summed E-state index contributed by atoms with van der Waals surface area (Å²) < 4.78 is 32.2. The second kappa shape index (κ2) is 12.9. The maximum Gasteiger partial charge on any atom is 0.244 e. The number of methoxy groups -OCH3 is 1. The molecule has 2 aromatic carbocycles. The van der Waals surface area contributed by atoms with Crippen molar-refractivity contribution in [2.75, 3.05) is 30.8 Å². The Kier molecular flexibility index (Phi) is 9.97. The minimum Gasteiger partial charge on any atom is -0.495 e. The van der Waals surface area contributed by atoms with E-state index in [1.54, 1.807) is 12.1 Å². The number of carbonyl (C=O) groups is 2. The zero-order chi connectivity index (χ0) is 27.0. The molecule has 1 N–H and O–H groups in total. The first kappa shape index (κ1) is 28.5. The van der Waals surface area contributed by atoms with Crippen LogP contribution in [0.4, 0.5) is 5.69 Å². The van der Waals surface area contributed by atoms with E-state index in [4.69, 9.17) is 4.74 Å². The largest absolute Gasteiger partial charge is 0.495 e. The first-order valence-corrected chi connectivity index (χ1v) is 14.7. The predicted molar refractivity (Wildman–Crippen MR) is 146 cm³/mol. The van der Waals surface area contributed by atoms with Crippen molar-refractivity contribution >= 4 is 27.5 Å². The average Bonchev–Trinajstić information content (AvgIpc) is 3.37. The number of ether oxygens (including phenoxy) is 1. The Hall–Kier alpha value is -3.07. The van der Waals surface area contributed by atoms with Crippen LogP contribution in [-0.2, 0) is 26.0 Å². The van der Waals surface area contributed by atoms with E-state index in [0.717, 1.165) is 47.4 Å². The van der Waals surface area contributed by atoms with Crippen LogP contribution in [0.3, 0.4) is 0 Å². The Morgan fingerprint density at radius 2 is 1.78 bits per heavy atom. The maximum absolute atomic E-state index is 13.8. The average molecular weight is 530 g/mol. The zero-order valence-electron chi connectivity index (χ0n) is 22.3. The van der Waals surface area contributed by atoms with E-state index in [2.05, 4.69) is 5.32 Å². The quantitative estimate of drug-likeness (QED) is 0.453. The standard InChI is InChI=1S/C28H39N3O5S/c1-5-24(28(33)29-23-13-9-10-14-23)30(18-17-22-11-7-6-8-12-22)27(32)20-31(37(4,34)35)25-19-21(2)15-16-26(25)36-3/h6-8,11-12,15-16,19,23-24H,5,9-10,13-14,17-18,20H2,1-4H3,(H,29,33)/t24-/m1/s1. The van der Waals surface area contributed by atoms with Crippen LogP contribution in [0.15, 0.2) is 48.5 Å². The van der Waals surface area contributed by atoms with Gasteiger partial charge in [0.05, 0.1) is 19.1 Å². The van der Waals surface area contributed by atoms with Crippen molar-refractivity contribution in [3.05, 3.63) is 59.7 Å². The van der Waals surface area contributed by atoms with Gasteiger partial charge in [0, 0.05) is 12.6 Å². The summed E-state index contributed by atoms with van der Waals surface area (Å²) in [7, 11) is -2.37. The molecule has 1 saturated carbocycles. The number of aryl methyl sites for hydroxylation is 1. The van der Waals surface area contributed by atoms with Crippen LogP contribution in [0, 0.1) is 6.92 Å². The lowest BCUT2D eigenvalue weighted by atomic mass is 10.1. The second-order valence-corrected chi connectivity index (χ2v) is 11.6.